The molecule has 1 saturated heterocycles. The van der Waals surface area contributed by atoms with E-state index in [0.717, 1.165) is 0 Å². The predicted octanol–water partition coefficient (Wildman–Crippen LogP) is 3.63. The number of likely N-dealkylation sites (tertiary alicyclic amines) is 1. The van der Waals surface area contributed by atoms with Crippen molar-refractivity contribution in [2.45, 2.75) is 72.1 Å². The van der Waals surface area contributed by atoms with Crippen molar-refractivity contribution < 1.29 is 4.39 Å². The fourth-order valence-corrected chi connectivity index (χ4v) is 2.52. The van der Waals surface area contributed by atoms with Gasteiger partial charge in [0.15, 0.2) is 0 Å². The van der Waals surface area contributed by atoms with Crippen LogP contribution in [-0.2, 0) is 0 Å². The van der Waals surface area contributed by atoms with Gasteiger partial charge in [-0.3, -0.25) is 4.90 Å². The van der Waals surface area contributed by atoms with Crippen LogP contribution in [0.15, 0.2) is 0 Å². The molecule has 2 atom stereocenters. The van der Waals surface area contributed by atoms with Crippen molar-refractivity contribution in [3.05, 3.63) is 0 Å². The van der Waals surface area contributed by atoms with Gasteiger partial charge in [0.2, 0.25) is 0 Å². The molecule has 90 valence electrons. The first kappa shape index (κ1) is 13.0. The molecule has 1 fully saturated rings. The van der Waals surface area contributed by atoms with Crippen LogP contribution >= 0.6 is 0 Å². The lowest BCUT2D eigenvalue weighted by Crippen LogP contribution is -2.49. The molecule has 1 nitrogen and oxygen atoms in total. The molecular weight excluding hydrogens is 189 g/mol. The topological polar surface area (TPSA) is 3.24 Å². The average Bonchev–Trinajstić information content (AvgIpc) is 2.23. The fourth-order valence-electron chi connectivity index (χ4n) is 2.52. The normalized spacial score (nSPS) is 34.8. The summed E-state index contributed by atoms with van der Waals surface area (Å²) < 4.78 is 14.1. The standard InChI is InChI=1S/C13H26FN/c1-11(2,3)10-8-13(7,14)9-15(10)12(4,5)6/h10H,8-9H2,1-7H3. The van der Waals surface area contributed by atoms with Gasteiger partial charge < -0.3 is 0 Å². The summed E-state index contributed by atoms with van der Waals surface area (Å²) in [7, 11) is 0. The van der Waals surface area contributed by atoms with E-state index in [4.69, 9.17) is 0 Å². The quantitative estimate of drug-likeness (QED) is 0.596. The van der Waals surface area contributed by atoms with E-state index in [9.17, 15) is 4.39 Å². The Bertz CT molecular complexity index is 208. The summed E-state index contributed by atoms with van der Waals surface area (Å²) in [6, 6.07) is 0.340. The largest absolute Gasteiger partial charge is 0.292 e. The third-order valence-electron chi connectivity index (χ3n) is 3.36. The van der Waals surface area contributed by atoms with Crippen LogP contribution in [0, 0.1) is 5.41 Å². The Morgan fingerprint density at radius 3 is 1.87 bits per heavy atom. The van der Waals surface area contributed by atoms with Crippen LogP contribution in [0.3, 0.4) is 0 Å². The van der Waals surface area contributed by atoms with Crippen LogP contribution in [-0.4, -0.2) is 28.7 Å². The molecule has 0 N–H and O–H groups in total. The van der Waals surface area contributed by atoms with Crippen molar-refractivity contribution in [2.75, 3.05) is 6.54 Å². The Morgan fingerprint density at radius 1 is 1.13 bits per heavy atom. The molecule has 0 saturated carbocycles. The zero-order valence-electron chi connectivity index (χ0n) is 11.3. The number of halogens is 1. The van der Waals surface area contributed by atoms with Gasteiger partial charge in [-0.05, 0) is 39.5 Å². The van der Waals surface area contributed by atoms with Crippen molar-refractivity contribution in [1.82, 2.24) is 4.90 Å². The SMILES string of the molecule is CC1(F)CC(C(C)(C)C)N(C(C)(C)C)C1. The van der Waals surface area contributed by atoms with E-state index < -0.39 is 5.67 Å². The van der Waals surface area contributed by atoms with E-state index in [-0.39, 0.29) is 11.0 Å². The monoisotopic (exact) mass is 215 g/mol. The van der Waals surface area contributed by atoms with Crippen molar-refractivity contribution in [1.29, 1.82) is 0 Å². The Balaban J connectivity index is 2.95. The molecule has 1 rings (SSSR count). The van der Waals surface area contributed by atoms with E-state index in [1.807, 2.05) is 0 Å². The second kappa shape index (κ2) is 3.44. The summed E-state index contributed by atoms with van der Waals surface area (Å²) in [5.74, 6) is 0. The Morgan fingerprint density at radius 2 is 1.60 bits per heavy atom. The van der Waals surface area contributed by atoms with Gasteiger partial charge >= 0.3 is 0 Å². The Labute approximate surface area is 94.0 Å². The zero-order chi connectivity index (χ0) is 12.1. The minimum Gasteiger partial charge on any atom is -0.292 e. The molecule has 0 spiro atoms. The number of hydrogen-bond acceptors (Lipinski definition) is 1. The summed E-state index contributed by atoms with van der Waals surface area (Å²) in [4.78, 5) is 2.33. The highest BCUT2D eigenvalue weighted by atomic mass is 19.1. The first-order valence-corrected chi connectivity index (χ1v) is 5.89. The van der Waals surface area contributed by atoms with Crippen LogP contribution in [0.4, 0.5) is 4.39 Å². The van der Waals surface area contributed by atoms with E-state index in [1.54, 1.807) is 6.92 Å². The van der Waals surface area contributed by atoms with Crippen molar-refractivity contribution in [2.24, 2.45) is 5.41 Å². The molecule has 2 unspecified atom stereocenters. The highest BCUT2D eigenvalue weighted by Gasteiger charge is 2.48. The van der Waals surface area contributed by atoms with Gasteiger partial charge in [-0.1, -0.05) is 20.8 Å². The lowest BCUT2D eigenvalue weighted by Gasteiger charge is -2.42. The van der Waals surface area contributed by atoms with Gasteiger partial charge in [-0.25, -0.2) is 4.39 Å². The highest BCUT2D eigenvalue weighted by Crippen LogP contribution is 2.42. The van der Waals surface area contributed by atoms with Gasteiger partial charge in [0.05, 0.1) is 0 Å². The first-order valence-electron chi connectivity index (χ1n) is 5.89. The van der Waals surface area contributed by atoms with Crippen molar-refractivity contribution in [3.8, 4) is 0 Å². The van der Waals surface area contributed by atoms with Crippen LogP contribution in [0.1, 0.15) is 54.9 Å². The Hall–Kier alpha value is -0.110. The van der Waals surface area contributed by atoms with E-state index in [2.05, 4.69) is 46.4 Å². The fraction of sp³-hybridized carbons (Fsp3) is 1.00. The number of nitrogens with zero attached hydrogens (tertiary/aromatic N) is 1. The van der Waals surface area contributed by atoms with Gasteiger partial charge in [0.1, 0.15) is 5.67 Å². The van der Waals surface area contributed by atoms with E-state index >= 15 is 0 Å². The van der Waals surface area contributed by atoms with Crippen LogP contribution in [0.2, 0.25) is 0 Å². The lowest BCUT2D eigenvalue weighted by atomic mass is 9.82. The maximum Gasteiger partial charge on any atom is 0.122 e. The molecule has 0 aromatic carbocycles. The second-order valence-corrected chi connectivity index (χ2v) is 7.30. The molecule has 1 aliphatic heterocycles. The van der Waals surface area contributed by atoms with Gasteiger partial charge in [-0.15, -0.1) is 0 Å². The summed E-state index contributed by atoms with van der Waals surface area (Å²) in [6.07, 6.45) is 0.660. The lowest BCUT2D eigenvalue weighted by molar-refractivity contribution is 0.0545. The first-order chi connectivity index (χ1) is 6.43. The molecule has 1 aliphatic rings. The molecule has 15 heavy (non-hydrogen) atoms. The zero-order valence-corrected chi connectivity index (χ0v) is 11.3. The van der Waals surface area contributed by atoms with Crippen LogP contribution in [0.25, 0.3) is 0 Å². The van der Waals surface area contributed by atoms with Crippen molar-refractivity contribution >= 4 is 0 Å². The summed E-state index contributed by atoms with van der Waals surface area (Å²) in [6.45, 7) is 15.4. The Kier molecular flexibility index (Phi) is 2.97. The molecule has 0 aromatic heterocycles. The smallest absolute Gasteiger partial charge is 0.122 e. The molecule has 0 bridgehead atoms. The summed E-state index contributed by atoms with van der Waals surface area (Å²) in [5, 5.41) is 0. The maximum atomic E-state index is 14.1. The van der Waals surface area contributed by atoms with Crippen LogP contribution < -0.4 is 0 Å². The molecule has 0 radical (unpaired) electrons. The van der Waals surface area contributed by atoms with Gasteiger partial charge in [0, 0.05) is 18.1 Å². The predicted molar refractivity (Wildman–Crippen MR) is 63.8 cm³/mol. The minimum absolute atomic E-state index is 0.0573. The molecule has 0 aromatic rings. The molecule has 1 heterocycles. The van der Waals surface area contributed by atoms with Crippen LogP contribution in [0.5, 0.6) is 0 Å². The van der Waals surface area contributed by atoms with Gasteiger partial charge in [0.25, 0.3) is 0 Å². The van der Waals surface area contributed by atoms with Gasteiger partial charge in [-0.2, -0.15) is 0 Å². The maximum absolute atomic E-state index is 14.1. The summed E-state index contributed by atoms with van der Waals surface area (Å²) >= 11 is 0. The number of rotatable bonds is 0. The summed E-state index contributed by atoms with van der Waals surface area (Å²) in [5.41, 5.74) is -0.815. The molecule has 2 heteroatoms. The molecular formula is C13H26FN. The molecule has 0 amide bonds. The van der Waals surface area contributed by atoms with E-state index in [0.29, 0.717) is 19.0 Å². The van der Waals surface area contributed by atoms with E-state index in [1.165, 1.54) is 0 Å². The highest BCUT2D eigenvalue weighted by molar-refractivity contribution is 5.02. The number of hydrogen-bond donors (Lipinski definition) is 0. The third-order valence-corrected chi connectivity index (χ3v) is 3.36. The number of alkyl halides is 1. The van der Waals surface area contributed by atoms with Crippen molar-refractivity contribution in [3.63, 3.8) is 0 Å². The minimum atomic E-state index is -1.02. The second-order valence-electron chi connectivity index (χ2n) is 7.30. The molecule has 0 aliphatic carbocycles. The average molecular weight is 215 g/mol. The third kappa shape index (κ3) is 2.93.